The first-order chi connectivity index (χ1) is 16.5. The Morgan fingerprint density at radius 3 is 2.24 bits per heavy atom. The Kier molecular flexibility index (Phi) is 7.45. The maximum Gasteiger partial charge on any atom is 0.271 e. The molecule has 3 aromatic carbocycles. The zero-order valence-electron chi connectivity index (χ0n) is 19.5. The largest absolute Gasteiger partial charge is 0.495 e. The Hall–Kier alpha value is -3.42. The summed E-state index contributed by atoms with van der Waals surface area (Å²) in [6.45, 7) is 0.824. The fraction of sp³-hybridized carbons (Fsp3) is 0.333. The molecule has 0 aromatic heterocycles. The lowest BCUT2D eigenvalue weighted by Gasteiger charge is -2.39. The van der Waals surface area contributed by atoms with E-state index in [0.717, 1.165) is 6.54 Å². The highest BCUT2D eigenvalue weighted by Crippen LogP contribution is 2.41. The van der Waals surface area contributed by atoms with Gasteiger partial charge in [0.1, 0.15) is 5.75 Å². The number of aliphatic hydroxyl groups excluding tert-OH is 1. The van der Waals surface area contributed by atoms with Crippen LogP contribution in [-0.2, 0) is 0 Å². The number of methoxy groups -OCH3 is 1. The van der Waals surface area contributed by atoms with E-state index in [1.807, 2.05) is 43.4 Å². The van der Waals surface area contributed by atoms with Gasteiger partial charge in [-0.25, -0.2) is 0 Å². The van der Waals surface area contributed by atoms with Gasteiger partial charge in [-0.15, -0.1) is 0 Å². The van der Waals surface area contributed by atoms with Crippen LogP contribution in [0.3, 0.4) is 0 Å². The van der Waals surface area contributed by atoms with E-state index in [2.05, 4.69) is 34.5 Å². The fourth-order valence-electron chi connectivity index (χ4n) is 5.29. The first-order valence-electron chi connectivity index (χ1n) is 11.5. The lowest BCUT2D eigenvalue weighted by atomic mass is 9.79. The van der Waals surface area contributed by atoms with Crippen LogP contribution in [0, 0.1) is 16.0 Å². The van der Waals surface area contributed by atoms with Crippen molar-refractivity contribution in [3.63, 3.8) is 0 Å². The Labute approximate surface area is 200 Å². The summed E-state index contributed by atoms with van der Waals surface area (Å²) in [6.07, 6.45) is 0.631. The fourth-order valence-corrected chi connectivity index (χ4v) is 5.29. The topological polar surface area (TPSA) is 87.9 Å². The second-order valence-corrected chi connectivity index (χ2v) is 8.72. The summed E-state index contributed by atoms with van der Waals surface area (Å²) in [6, 6.07) is 25.5. The highest BCUT2D eigenvalue weighted by Gasteiger charge is 2.43. The van der Waals surface area contributed by atoms with E-state index in [1.165, 1.54) is 17.2 Å². The molecule has 0 radical (unpaired) electrons. The quantitative estimate of drug-likeness (QED) is 0.367. The molecule has 178 valence electrons. The average Bonchev–Trinajstić information content (AvgIpc) is 3.27. The second-order valence-electron chi connectivity index (χ2n) is 8.72. The van der Waals surface area contributed by atoms with E-state index in [0.29, 0.717) is 17.9 Å². The number of anilines is 1. The van der Waals surface area contributed by atoms with Gasteiger partial charge in [0.25, 0.3) is 5.69 Å². The van der Waals surface area contributed by atoms with E-state index in [-0.39, 0.29) is 41.1 Å². The molecule has 1 fully saturated rings. The molecule has 1 heterocycles. The molecule has 0 saturated carbocycles. The maximum atomic E-state index is 11.5. The first kappa shape index (κ1) is 23.7. The summed E-state index contributed by atoms with van der Waals surface area (Å²) < 4.78 is 5.59. The smallest absolute Gasteiger partial charge is 0.271 e. The van der Waals surface area contributed by atoms with Crippen LogP contribution < -0.4 is 15.0 Å². The molecule has 3 atom stereocenters. The van der Waals surface area contributed by atoms with E-state index >= 15 is 0 Å². The van der Waals surface area contributed by atoms with Crippen molar-refractivity contribution in [3.05, 3.63) is 100 Å². The number of nitro benzene ring substituents is 1. The van der Waals surface area contributed by atoms with Crippen molar-refractivity contribution in [2.75, 3.05) is 32.2 Å². The molecule has 34 heavy (non-hydrogen) atoms. The minimum absolute atomic E-state index is 0.00955. The van der Waals surface area contributed by atoms with Crippen molar-refractivity contribution >= 4 is 11.4 Å². The van der Waals surface area contributed by atoms with Crippen molar-refractivity contribution in [2.45, 2.75) is 24.4 Å². The minimum Gasteiger partial charge on any atom is -0.495 e. The van der Waals surface area contributed by atoms with Crippen LogP contribution in [0.2, 0.25) is 0 Å². The number of nitrogens with zero attached hydrogens (tertiary/aromatic N) is 2. The van der Waals surface area contributed by atoms with Crippen molar-refractivity contribution in [1.29, 1.82) is 0 Å². The van der Waals surface area contributed by atoms with Gasteiger partial charge >= 0.3 is 0 Å². The third kappa shape index (κ3) is 4.76. The molecule has 3 unspecified atom stereocenters. The van der Waals surface area contributed by atoms with E-state index in [1.54, 1.807) is 19.2 Å². The number of aliphatic hydroxyl groups is 1. The minimum atomic E-state index is -0.386. The third-order valence-electron chi connectivity index (χ3n) is 6.84. The van der Waals surface area contributed by atoms with Crippen LogP contribution in [0.5, 0.6) is 5.75 Å². The van der Waals surface area contributed by atoms with Gasteiger partial charge in [0.2, 0.25) is 0 Å². The maximum absolute atomic E-state index is 11.5. The summed E-state index contributed by atoms with van der Waals surface area (Å²) in [5.74, 6) is 0.791. The number of hydrogen-bond acceptors (Lipinski definition) is 6. The lowest BCUT2D eigenvalue weighted by Crippen LogP contribution is -2.48. The molecule has 0 amide bonds. The molecule has 1 aliphatic rings. The monoisotopic (exact) mass is 461 g/mol. The molecular weight excluding hydrogens is 430 g/mol. The number of nitrogens with one attached hydrogen (secondary N) is 1. The molecule has 7 heteroatoms. The molecule has 7 nitrogen and oxygen atoms in total. The van der Waals surface area contributed by atoms with Crippen molar-refractivity contribution in [2.24, 2.45) is 5.92 Å². The summed E-state index contributed by atoms with van der Waals surface area (Å²) in [5, 5.41) is 25.1. The van der Waals surface area contributed by atoms with Gasteiger partial charge < -0.3 is 20.1 Å². The van der Waals surface area contributed by atoms with E-state index < -0.39 is 0 Å². The summed E-state index contributed by atoms with van der Waals surface area (Å²) >= 11 is 0. The number of hydrogen-bond donors (Lipinski definition) is 2. The molecule has 1 aliphatic heterocycles. The number of nitro groups is 1. The molecular formula is C27H31N3O4. The predicted octanol–water partition coefficient (Wildman–Crippen LogP) is 4.21. The molecule has 0 aliphatic carbocycles. The summed E-state index contributed by atoms with van der Waals surface area (Å²) in [4.78, 5) is 13.2. The van der Waals surface area contributed by atoms with Crippen LogP contribution in [0.4, 0.5) is 11.4 Å². The number of ether oxygens (including phenoxy) is 1. The zero-order chi connectivity index (χ0) is 24.1. The Morgan fingerprint density at radius 2 is 1.71 bits per heavy atom. The summed E-state index contributed by atoms with van der Waals surface area (Å²) in [7, 11) is 3.54. The number of rotatable bonds is 9. The molecule has 2 N–H and O–H groups in total. The van der Waals surface area contributed by atoms with Crippen LogP contribution in [0.25, 0.3) is 0 Å². The molecule has 1 saturated heterocycles. The van der Waals surface area contributed by atoms with Crippen LogP contribution >= 0.6 is 0 Å². The highest BCUT2D eigenvalue weighted by molar-refractivity contribution is 5.64. The van der Waals surface area contributed by atoms with Gasteiger partial charge in [0.15, 0.2) is 0 Å². The van der Waals surface area contributed by atoms with Crippen LogP contribution in [0.1, 0.15) is 23.5 Å². The Morgan fingerprint density at radius 1 is 1.09 bits per heavy atom. The van der Waals surface area contributed by atoms with Gasteiger partial charge in [-0.05, 0) is 29.5 Å². The Bertz CT molecular complexity index is 1050. The second kappa shape index (κ2) is 10.7. The first-order valence-corrected chi connectivity index (χ1v) is 11.5. The SMILES string of the molecule is COc1ccc([N+](=O)[O-])cc1N(C)C1C(CCO)CNC1C(c1ccccc1)c1ccccc1. The van der Waals surface area contributed by atoms with Crippen LogP contribution in [-0.4, -0.2) is 49.4 Å². The zero-order valence-corrected chi connectivity index (χ0v) is 19.5. The van der Waals surface area contributed by atoms with Crippen molar-refractivity contribution in [1.82, 2.24) is 5.32 Å². The molecule has 4 rings (SSSR count). The highest BCUT2D eigenvalue weighted by atomic mass is 16.6. The van der Waals surface area contributed by atoms with Crippen molar-refractivity contribution in [3.8, 4) is 5.75 Å². The van der Waals surface area contributed by atoms with E-state index in [4.69, 9.17) is 4.74 Å². The Balaban J connectivity index is 1.81. The lowest BCUT2D eigenvalue weighted by molar-refractivity contribution is -0.384. The van der Waals surface area contributed by atoms with E-state index in [9.17, 15) is 15.2 Å². The summed E-state index contributed by atoms with van der Waals surface area (Å²) in [5.41, 5.74) is 3.07. The molecule has 3 aromatic rings. The normalized spacial score (nSPS) is 19.8. The van der Waals surface area contributed by atoms with Gasteiger partial charge in [-0.2, -0.15) is 0 Å². The third-order valence-corrected chi connectivity index (χ3v) is 6.84. The number of likely N-dealkylation sites (N-methyl/N-ethyl adjacent to an activating group) is 1. The van der Waals surface area contributed by atoms with Crippen molar-refractivity contribution < 1.29 is 14.8 Å². The predicted molar refractivity (Wildman–Crippen MR) is 134 cm³/mol. The van der Waals surface area contributed by atoms with Gasteiger partial charge in [0.05, 0.1) is 17.7 Å². The van der Waals surface area contributed by atoms with Gasteiger partial charge in [-0.1, -0.05) is 60.7 Å². The van der Waals surface area contributed by atoms with Gasteiger partial charge in [0, 0.05) is 50.3 Å². The standard InChI is InChI=1S/C27H31N3O4/c1-29(23-17-22(30(32)33)13-14-24(23)34-2)27-21(15-16-31)18-28-26(27)25(19-9-5-3-6-10-19)20-11-7-4-8-12-20/h3-14,17,21,25-28,31H,15-16,18H2,1-2H3. The molecule has 0 spiro atoms. The van der Waals surface area contributed by atoms with Crippen LogP contribution in [0.15, 0.2) is 78.9 Å². The molecule has 0 bridgehead atoms. The number of non-ortho nitro benzene ring substituents is 1. The van der Waals surface area contributed by atoms with Gasteiger partial charge in [-0.3, -0.25) is 10.1 Å². The number of benzene rings is 3. The average molecular weight is 462 g/mol.